The minimum absolute atomic E-state index is 0.111. The normalized spacial score (nSPS) is 21.2. The van der Waals surface area contributed by atoms with Gasteiger partial charge in [0.15, 0.2) is 5.78 Å². The number of carbonyl (C=O) groups excluding carboxylic acids is 1. The molecule has 0 amide bonds. The number of rotatable bonds is 0. The highest BCUT2D eigenvalue weighted by atomic mass is 16.1. The average Bonchev–Trinajstić information content (AvgIpc) is 2.30. The van der Waals surface area contributed by atoms with E-state index in [4.69, 9.17) is 0 Å². The first kappa shape index (κ1) is 6.34. The van der Waals surface area contributed by atoms with Crippen LogP contribution in [-0.4, -0.2) is 16.8 Å². The van der Waals surface area contributed by atoms with Crippen molar-refractivity contribution in [3.63, 3.8) is 0 Å². The molecule has 0 aliphatic carbocycles. The van der Waals surface area contributed by atoms with Crippen LogP contribution >= 0.6 is 0 Å². The highest BCUT2D eigenvalue weighted by molar-refractivity contribution is 6.09. The lowest BCUT2D eigenvalue weighted by Crippen LogP contribution is -2.16. The number of Topliss-reactive ketones (excluding diaryl/α,β-unsaturated/α-hetero) is 1. The highest BCUT2D eigenvalue weighted by Gasteiger charge is 2.26. The van der Waals surface area contributed by atoms with Gasteiger partial charge in [0.2, 0.25) is 0 Å². The maximum atomic E-state index is 11.3. The van der Waals surface area contributed by atoms with Crippen LogP contribution in [0, 0.1) is 0 Å². The quantitative estimate of drug-likeness (QED) is 0.598. The molecule has 56 valence electrons. The summed E-state index contributed by atoms with van der Waals surface area (Å²) in [6.45, 7) is 1.84. The fraction of sp³-hybridized carbons (Fsp3) is 0.250. The monoisotopic (exact) mass is 148 g/mol. The predicted molar refractivity (Wildman–Crippen MR) is 41.7 cm³/mol. The van der Waals surface area contributed by atoms with Crippen molar-refractivity contribution in [3.05, 3.63) is 23.9 Å². The molecular formula is C8H8N2O. The number of hydrogen-bond donors (Lipinski definition) is 1. The lowest BCUT2D eigenvalue weighted by atomic mass is 10.1. The molecule has 3 heteroatoms. The van der Waals surface area contributed by atoms with Crippen LogP contribution in [0.25, 0.3) is 0 Å². The first-order valence-corrected chi connectivity index (χ1v) is 3.55. The van der Waals surface area contributed by atoms with Crippen LogP contribution < -0.4 is 5.32 Å². The summed E-state index contributed by atoms with van der Waals surface area (Å²) >= 11 is 0. The number of nitrogens with one attached hydrogen (secondary N) is 1. The Kier molecular flexibility index (Phi) is 1.18. The van der Waals surface area contributed by atoms with E-state index in [1.165, 1.54) is 0 Å². The van der Waals surface area contributed by atoms with Gasteiger partial charge in [-0.15, -0.1) is 0 Å². The second kappa shape index (κ2) is 2.05. The van der Waals surface area contributed by atoms with Crippen LogP contribution in [0.1, 0.15) is 17.3 Å². The van der Waals surface area contributed by atoms with Crippen molar-refractivity contribution in [1.29, 1.82) is 0 Å². The lowest BCUT2D eigenvalue weighted by molar-refractivity contribution is 0.0985. The Morgan fingerprint density at radius 2 is 2.45 bits per heavy atom. The molecule has 0 fully saturated rings. The van der Waals surface area contributed by atoms with E-state index in [0.717, 1.165) is 0 Å². The van der Waals surface area contributed by atoms with Crippen LogP contribution in [0.5, 0.6) is 0 Å². The summed E-state index contributed by atoms with van der Waals surface area (Å²) in [5.41, 5.74) is 0.708. The Morgan fingerprint density at radius 3 is 3.18 bits per heavy atom. The zero-order chi connectivity index (χ0) is 7.84. The number of ketones is 1. The number of carbonyl (C=O) groups is 1. The van der Waals surface area contributed by atoms with E-state index >= 15 is 0 Å². The summed E-state index contributed by atoms with van der Waals surface area (Å²) in [6, 6.07) is 3.46. The van der Waals surface area contributed by atoms with Gasteiger partial charge in [0.25, 0.3) is 0 Å². The topological polar surface area (TPSA) is 42.0 Å². The van der Waals surface area contributed by atoms with Gasteiger partial charge in [0.1, 0.15) is 5.82 Å². The predicted octanol–water partition coefficient (Wildman–Crippen LogP) is 1.08. The van der Waals surface area contributed by atoms with E-state index in [1.807, 2.05) is 6.92 Å². The molecule has 1 unspecified atom stereocenters. The molecule has 0 bridgehead atoms. The number of fused-ring (bicyclic) bond motifs is 1. The molecule has 0 radical (unpaired) electrons. The van der Waals surface area contributed by atoms with Crippen molar-refractivity contribution in [2.45, 2.75) is 13.0 Å². The second-order valence-corrected chi connectivity index (χ2v) is 2.63. The highest BCUT2D eigenvalue weighted by Crippen LogP contribution is 2.21. The zero-order valence-electron chi connectivity index (χ0n) is 6.16. The van der Waals surface area contributed by atoms with E-state index in [-0.39, 0.29) is 11.8 Å². The number of nitrogens with zero attached hydrogens (tertiary/aromatic N) is 1. The summed E-state index contributed by atoms with van der Waals surface area (Å²) in [4.78, 5) is 15.3. The molecule has 1 atom stereocenters. The first-order chi connectivity index (χ1) is 5.29. The van der Waals surface area contributed by atoms with Crippen molar-refractivity contribution in [3.8, 4) is 0 Å². The van der Waals surface area contributed by atoms with E-state index < -0.39 is 0 Å². The Morgan fingerprint density at radius 1 is 1.64 bits per heavy atom. The van der Waals surface area contributed by atoms with Crippen LogP contribution in [0.15, 0.2) is 18.3 Å². The minimum Gasteiger partial charge on any atom is -0.360 e. The van der Waals surface area contributed by atoms with Gasteiger partial charge >= 0.3 is 0 Å². The SMILES string of the molecule is CC1Nc2ncccc2C1=O. The van der Waals surface area contributed by atoms with E-state index in [2.05, 4.69) is 10.3 Å². The number of pyridine rings is 1. The maximum Gasteiger partial charge on any atom is 0.188 e. The Hall–Kier alpha value is -1.38. The van der Waals surface area contributed by atoms with Gasteiger partial charge in [0.05, 0.1) is 11.6 Å². The molecule has 0 saturated heterocycles. The van der Waals surface area contributed by atoms with Crippen molar-refractivity contribution >= 4 is 11.6 Å². The van der Waals surface area contributed by atoms with Gasteiger partial charge in [-0.2, -0.15) is 0 Å². The fourth-order valence-corrected chi connectivity index (χ4v) is 1.22. The van der Waals surface area contributed by atoms with Crippen molar-refractivity contribution < 1.29 is 4.79 Å². The third-order valence-corrected chi connectivity index (χ3v) is 1.82. The van der Waals surface area contributed by atoms with Crippen molar-refractivity contribution in [2.24, 2.45) is 0 Å². The molecule has 1 aromatic heterocycles. The van der Waals surface area contributed by atoms with Crippen molar-refractivity contribution in [1.82, 2.24) is 4.98 Å². The Balaban J connectivity index is 2.55. The molecule has 1 aromatic rings. The zero-order valence-corrected chi connectivity index (χ0v) is 6.16. The van der Waals surface area contributed by atoms with Crippen molar-refractivity contribution in [2.75, 3.05) is 5.32 Å². The number of aromatic nitrogens is 1. The largest absolute Gasteiger partial charge is 0.360 e. The Labute approximate surface area is 64.5 Å². The van der Waals surface area contributed by atoms with Gasteiger partial charge < -0.3 is 5.32 Å². The molecule has 1 aliphatic rings. The van der Waals surface area contributed by atoms with Crippen LogP contribution in [0.4, 0.5) is 5.82 Å². The van der Waals surface area contributed by atoms with Gasteiger partial charge in [-0.3, -0.25) is 4.79 Å². The van der Waals surface area contributed by atoms with Crippen LogP contribution in [0.2, 0.25) is 0 Å². The molecule has 2 heterocycles. The summed E-state index contributed by atoms with van der Waals surface area (Å²) in [5, 5.41) is 2.99. The maximum absolute atomic E-state index is 11.3. The molecule has 2 rings (SSSR count). The smallest absolute Gasteiger partial charge is 0.188 e. The van der Waals surface area contributed by atoms with Gasteiger partial charge in [-0.25, -0.2) is 4.98 Å². The van der Waals surface area contributed by atoms with Gasteiger partial charge in [0, 0.05) is 6.20 Å². The Bertz CT molecular complexity index is 309. The molecule has 0 aromatic carbocycles. The van der Waals surface area contributed by atoms with E-state index in [0.29, 0.717) is 11.4 Å². The van der Waals surface area contributed by atoms with Crippen LogP contribution in [-0.2, 0) is 0 Å². The third-order valence-electron chi connectivity index (χ3n) is 1.82. The van der Waals surface area contributed by atoms with E-state index in [1.54, 1.807) is 18.3 Å². The van der Waals surface area contributed by atoms with E-state index in [9.17, 15) is 4.79 Å². The molecular weight excluding hydrogens is 140 g/mol. The molecule has 1 aliphatic heterocycles. The molecule has 0 saturated carbocycles. The summed E-state index contributed by atoms with van der Waals surface area (Å²) in [7, 11) is 0. The standard InChI is InChI=1S/C8H8N2O/c1-5-7(11)6-3-2-4-9-8(6)10-5/h2-5H,1H3,(H,9,10). The fourth-order valence-electron chi connectivity index (χ4n) is 1.22. The minimum atomic E-state index is -0.111. The van der Waals surface area contributed by atoms with Gasteiger partial charge in [-0.05, 0) is 19.1 Å². The summed E-state index contributed by atoms with van der Waals surface area (Å²) < 4.78 is 0. The second-order valence-electron chi connectivity index (χ2n) is 2.63. The molecule has 3 nitrogen and oxygen atoms in total. The third kappa shape index (κ3) is 0.808. The molecule has 11 heavy (non-hydrogen) atoms. The summed E-state index contributed by atoms with van der Waals surface area (Å²) in [6.07, 6.45) is 1.68. The lowest BCUT2D eigenvalue weighted by Gasteiger charge is -1.97. The summed E-state index contributed by atoms with van der Waals surface area (Å²) in [5.74, 6) is 0.845. The first-order valence-electron chi connectivity index (χ1n) is 3.55. The molecule has 1 N–H and O–H groups in total. The average molecular weight is 148 g/mol. The van der Waals surface area contributed by atoms with Gasteiger partial charge in [-0.1, -0.05) is 0 Å². The van der Waals surface area contributed by atoms with Crippen LogP contribution in [0.3, 0.4) is 0 Å². The molecule has 0 spiro atoms. The number of anilines is 1. The number of hydrogen-bond acceptors (Lipinski definition) is 3.